The van der Waals surface area contributed by atoms with Crippen molar-refractivity contribution in [3.05, 3.63) is 66.2 Å². The number of hydrogen-bond donors (Lipinski definition) is 2. The molecule has 2 aromatic carbocycles. The van der Waals surface area contributed by atoms with Crippen molar-refractivity contribution in [2.75, 3.05) is 32.8 Å². The minimum absolute atomic E-state index is 0.00294. The van der Waals surface area contributed by atoms with E-state index in [1.54, 1.807) is 12.1 Å². The Hall–Kier alpha value is -2.86. The SMILES string of the molecule is CC(C)[C@H](NC(=O)COc1ccccc1)C(=O)N1CC[NH+](Cc2ccccc2)CC1. The average Bonchev–Trinajstić information content (AvgIpc) is 2.77. The van der Waals surface area contributed by atoms with Crippen LogP contribution < -0.4 is 15.0 Å². The Bertz CT molecular complexity index is 803. The molecule has 30 heavy (non-hydrogen) atoms. The molecule has 0 aliphatic carbocycles. The number of nitrogens with zero attached hydrogens (tertiary/aromatic N) is 1. The van der Waals surface area contributed by atoms with Gasteiger partial charge in [-0.05, 0) is 18.1 Å². The van der Waals surface area contributed by atoms with Crippen LogP contribution in [0.2, 0.25) is 0 Å². The lowest BCUT2D eigenvalue weighted by molar-refractivity contribution is -0.917. The molecule has 1 saturated heterocycles. The molecule has 3 rings (SSSR count). The Morgan fingerprint density at radius 1 is 1.00 bits per heavy atom. The summed E-state index contributed by atoms with van der Waals surface area (Å²) in [5.74, 6) is 0.363. The molecule has 1 aliphatic heterocycles. The minimum atomic E-state index is -0.535. The largest absolute Gasteiger partial charge is 0.484 e. The van der Waals surface area contributed by atoms with Crippen molar-refractivity contribution >= 4 is 11.8 Å². The van der Waals surface area contributed by atoms with Gasteiger partial charge in [-0.3, -0.25) is 9.59 Å². The highest BCUT2D eigenvalue weighted by atomic mass is 16.5. The number of carbonyl (C=O) groups excluding carboxylic acids is 2. The molecule has 0 radical (unpaired) electrons. The second-order valence-corrected chi connectivity index (χ2v) is 8.13. The predicted octanol–water partition coefficient (Wildman–Crippen LogP) is 1.13. The van der Waals surface area contributed by atoms with Gasteiger partial charge in [0.05, 0.1) is 26.2 Å². The average molecular weight is 411 g/mol. The van der Waals surface area contributed by atoms with Gasteiger partial charge in [0.1, 0.15) is 18.3 Å². The lowest BCUT2D eigenvalue weighted by atomic mass is 10.0. The van der Waals surface area contributed by atoms with Crippen molar-refractivity contribution in [3.8, 4) is 5.75 Å². The van der Waals surface area contributed by atoms with Crippen LogP contribution in [0.25, 0.3) is 0 Å². The molecule has 1 atom stereocenters. The standard InChI is InChI=1S/C24H31N3O3/c1-19(2)23(25-22(28)18-30-21-11-7-4-8-12-21)24(29)27-15-13-26(14-16-27)17-20-9-5-3-6-10-20/h3-12,19,23H,13-18H2,1-2H3,(H,25,28)/p+1/t23-/m0/s1. The molecule has 1 heterocycles. The van der Waals surface area contributed by atoms with Gasteiger partial charge in [0.25, 0.3) is 5.91 Å². The third kappa shape index (κ3) is 6.32. The smallest absolute Gasteiger partial charge is 0.258 e. The molecule has 2 amide bonds. The first-order valence-electron chi connectivity index (χ1n) is 10.7. The normalized spacial score (nSPS) is 15.6. The Morgan fingerprint density at radius 2 is 1.60 bits per heavy atom. The van der Waals surface area contributed by atoms with Gasteiger partial charge < -0.3 is 19.9 Å². The number of ether oxygens (including phenoxy) is 1. The zero-order chi connectivity index (χ0) is 21.3. The number of rotatable bonds is 8. The number of para-hydroxylation sites is 1. The summed E-state index contributed by atoms with van der Waals surface area (Å²) in [6.45, 7) is 8.03. The van der Waals surface area contributed by atoms with E-state index in [9.17, 15) is 9.59 Å². The van der Waals surface area contributed by atoms with Gasteiger partial charge in [0, 0.05) is 5.56 Å². The maximum absolute atomic E-state index is 13.1. The zero-order valence-electron chi connectivity index (χ0n) is 17.8. The molecule has 2 N–H and O–H groups in total. The van der Waals surface area contributed by atoms with Crippen molar-refractivity contribution < 1.29 is 19.2 Å². The highest BCUT2D eigenvalue weighted by molar-refractivity contribution is 5.88. The summed E-state index contributed by atoms with van der Waals surface area (Å²) in [4.78, 5) is 28.8. The first-order chi connectivity index (χ1) is 14.5. The van der Waals surface area contributed by atoms with Crippen LogP contribution in [0.4, 0.5) is 0 Å². The molecule has 1 fully saturated rings. The summed E-state index contributed by atoms with van der Waals surface area (Å²) in [6.07, 6.45) is 0. The summed E-state index contributed by atoms with van der Waals surface area (Å²) in [6, 6.07) is 19.1. The van der Waals surface area contributed by atoms with Crippen LogP contribution in [0.15, 0.2) is 60.7 Å². The van der Waals surface area contributed by atoms with E-state index in [2.05, 4.69) is 29.6 Å². The van der Waals surface area contributed by atoms with E-state index in [4.69, 9.17) is 4.74 Å². The van der Waals surface area contributed by atoms with Gasteiger partial charge in [-0.15, -0.1) is 0 Å². The Balaban J connectivity index is 1.48. The molecular formula is C24H32N3O3+. The van der Waals surface area contributed by atoms with Crippen LogP contribution >= 0.6 is 0 Å². The van der Waals surface area contributed by atoms with Crippen molar-refractivity contribution in [3.63, 3.8) is 0 Å². The first-order valence-corrected chi connectivity index (χ1v) is 10.7. The van der Waals surface area contributed by atoms with Gasteiger partial charge in [-0.1, -0.05) is 62.4 Å². The fourth-order valence-corrected chi connectivity index (χ4v) is 3.70. The lowest BCUT2D eigenvalue weighted by Gasteiger charge is -2.35. The first kappa shape index (κ1) is 21.8. The van der Waals surface area contributed by atoms with E-state index in [0.29, 0.717) is 18.8 Å². The quantitative estimate of drug-likeness (QED) is 0.686. The molecular weight excluding hydrogens is 378 g/mol. The molecule has 160 valence electrons. The fourth-order valence-electron chi connectivity index (χ4n) is 3.70. The Morgan fingerprint density at radius 3 is 2.20 bits per heavy atom. The number of nitrogens with one attached hydrogen (secondary N) is 2. The highest BCUT2D eigenvalue weighted by Crippen LogP contribution is 2.10. The summed E-state index contributed by atoms with van der Waals surface area (Å²) in [5, 5.41) is 2.87. The van der Waals surface area contributed by atoms with Gasteiger partial charge in [0.15, 0.2) is 6.61 Å². The summed E-state index contributed by atoms with van der Waals surface area (Å²) >= 11 is 0. The molecule has 0 bridgehead atoms. The Labute approximate surface area is 178 Å². The number of hydrogen-bond acceptors (Lipinski definition) is 3. The number of quaternary nitrogens is 1. The maximum Gasteiger partial charge on any atom is 0.258 e. The van der Waals surface area contributed by atoms with Crippen LogP contribution in [0, 0.1) is 5.92 Å². The van der Waals surface area contributed by atoms with Crippen molar-refractivity contribution in [2.45, 2.75) is 26.4 Å². The number of piperazine rings is 1. The van der Waals surface area contributed by atoms with Crippen LogP contribution in [0.3, 0.4) is 0 Å². The third-order valence-electron chi connectivity index (χ3n) is 5.44. The van der Waals surface area contributed by atoms with Crippen LogP contribution in [0.5, 0.6) is 5.75 Å². The number of carbonyl (C=O) groups is 2. The second kappa shape index (κ2) is 10.8. The van der Waals surface area contributed by atoms with E-state index in [1.165, 1.54) is 10.5 Å². The van der Waals surface area contributed by atoms with Crippen molar-refractivity contribution in [2.24, 2.45) is 5.92 Å². The summed E-state index contributed by atoms with van der Waals surface area (Å²) < 4.78 is 5.50. The lowest BCUT2D eigenvalue weighted by Crippen LogP contribution is -3.13. The number of benzene rings is 2. The van der Waals surface area contributed by atoms with Gasteiger partial charge in [0.2, 0.25) is 5.91 Å². The third-order valence-corrected chi connectivity index (χ3v) is 5.44. The minimum Gasteiger partial charge on any atom is -0.484 e. The molecule has 0 aromatic heterocycles. The summed E-state index contributed by atoms with van der Waals surface area (Å²) in [7, 11) is 0. The maximum atomic E-state index is 13.1. The molecule has 6 nitrogen and oxygen atoms in total. The van der Waals surface area contributed by atoms with Gasteiger partial charge in [-0.2, -0.15) is 0 Å². The molecule has 0 spiro atoms. The topological polar surface area (TPSA) is 63.1 Å². The van der Waals surface area contributed by atoms with Gasteiger partial charge >= 0.3 is 0 Å². The molecule has 0 unspecified atom stereocenters. The van der Waals surface area contributed by atoms with Crippen molar-refractivity contribution in [1.82, 2.24) is 10.2 Å². The summed E-state index contributed by atoms with van der Waals surface area (Å²) in [5.41, 5.74) is 1.32. The highest BCUT2D eigenvalue weighted by Gasteiger charge is 2.31. The van der Waals surface area contributed by atoms with Crippen LogP contribution in [0.1, 0.15) is 19.4 Å². The molecule has 6 heteroatoms. The van der Waals surface area contributed by atoms with Crippen LogP contribution in [-0.2, 0) is 16.1 Å². The van der Waals surface area contributed by atoms with E-state index in [-0.39, 0.29) is 24.3 Å². The monoisotopic (exact) mass is 410 g/mol. The van der Waals surface area contributed by atoms with E-state index in [1.807, 2.05) is 43.0 Å². The van der Waals surface area contributed by atoms with E-state index >= 15 is 0 Å². The number of amides is 2. The van der Waals surface area contributed by atoms with Gasteiger partial charge in [-0.25, -0.2) is 0 Å². The predicted molar refractivity (Wildman–Crippen MR) is 116 cm³/mol. The fraction of sp³-hybridized carbons (Fsp3) is 0.417. The molecule has 0 saturated carbocycles. The van der Waals surface area contributed by atoms with Crippen LogP contribution in [-0.4, -0.2) is 55.5 Å². The molecule has 1 aliphatic rings. The molecule has 2 aromatic rings. The van der Waals surface area contributed by atoms with E-state index < -0.39 is 6.04 Å². The van der Waals surface area contributed by atoms with E-state index in [0.717, 1.165) is 19.6 Å². The second-order valence-electron chi connectivity index (χ2n) is 8.13. The Kier molecular flexibility index (Phi) is 7.85. The zero-order valence-corrected chi connectivity index (χ0v) is 17.8. The van der Waals surface area contributed by atoms with Crippen molar-refractivity contribution in [1.29, 1.82) is 0 Å².